The van der Waals surface area contributed by atoms with Crippen molar-refractivity contribution in [1.29, 1.82) is 0 Å². The molecule has 2 aliphatic rings. The molecule has 1 atom stereocenters. The number of benzene rings is 1. The number of aromatic amines is 1. The van der Waals surface area contributed by atoms with Crippen molar-refractivity contribution in [2.75, 3.05) is 5.32 Å². The van der Waals surface area contributed by atoms with E-state index in [1.807, 2.05) is 19.1 Å². The summed E-state index contributed by atoms with van der Waals surface area (Å²) in [6.07, 6.45) is 9.60. The molecule has 3 heterocycles. The zero-order valence-electron chi connectivity index (χ0n) is 15.1. The van der Waals surface area contributed by atoms with Crippen LogP contribution in [0.15, 0.2) is 54.6 Å². The quantitative estimate of drug-likeness (QED) is 0.735. The van der Waals surface area contributed by atoms with Gasteiger partial charge in [0.05, 0.1) is 17.9 Å². The lowest BCUT2D eigenvalue weighted by Crippen LogP contribution is -2.05. The second-order valence-electron chi connectivity index (χ2n) is 7.05. The van der Waals surface area contributed by atoms with Crippen molar-refractivity contribution in [2.45, 2.75) is 32.4 Å². The van der Waals surface area contributed by atoms with Crippen LogP contribution < -0.4 is 10.1 Å². The van der Waals surface area contributed by atoms with Crippen molar-refractivity contribution in [3.05, 3.63) is 77.3 Å². The molecule has 1 aliphatic carbocycles. The van der Waals surface area contributed by atoms with Crippen molar-refractivity contribution in [3.63, 3.8) is 0 Å². The second kappa shape index (κ2) is 6.46. The molecule has 0 saturated carbocycles. The topological polar surface area (TPSA) is 67.8 Å². The highest BCUT2D eigenvalue weighted by Gasteiger charge is 2.20. The van der Waals surface area contributed by atoms with E-state index in [1.165, 1.54) is 0 Å². The summed E-state index contributed by atoms with van der Waals surface area (Å²) in [4.78, 5) is 0. The molecular formula is C21H21N5O. The molecule has 6 heteroatoms. The van der Waals surface area contributed by atoms with Gasteiger partial charge in [0, 0.05) is 35.0 Å². The number of fused-ring (bicyclic) bond motifs is 2. The molecule has 1 unspecified atom stereocenters. The van der Waals surface area contributed by atoms with Crippen molar-refractivity contribution in [1.82, 2.24) is 20.0 Å². The molecule has 136 valence electrons. The van der Waals surface area contributed by atoms with Crippen molar-refractivity contribution >= 4 is 11.5 Å². The third-order valence-electron chi connectivity index (χ3n) is 4.98. The summed E-state index contributed by atoms with van der Waals surface area (Å²) in [5, 5.41) is 15.3. The van der Waals surface area contributed by atoms with Gasteiger partial charge in [-0.2, -0.15) is 10.2 Å². The summed E-state index contributed by atoms with van der Waals surface area (Å²) in [6.45, 7) is 3.23. The van der Waals surface area contributed by atoms with E-state index in [-0.39, 0.29) is 0 Å². The zero-order valence-corrected chi connectivity index (χ0v) is 15.1. The molecule has 27 heavy (non-hydrogen) atoms. The van der Waals surface area contributed by atoms with Gasteiger partial charge in [0.1, 0.15) is 12.4 Å². The number of anilines is 2. The fourth-order valence-corrected chi connectivity index (χ4v) is 3.55. The number of H-pyrrole nitrogens is 1. The molecule has 0 bridgehead atoms. The minimum atomic E-state index is 0.359. The first-order valence-electron chi connectivity index (χ1n) is 9.19. The van der Waals surface area contributed by atoms with Gasteiger partial charge in [-0.05, 0) is 25.5 Å². The van der Waals surface area contributed by atoms with E-state index >= 15 is 0 Å². The largest absolute Gasteiger partial charge is 0.487 e. The van der Waals surface area contributed by atoms with Crippen LogP contribution in [0, 0.1) is 6.92 Å². The number of aryl methyl sites for hydroxylation is 1. The number of ether oxygens (including phenoxy) is 1. The summed E-state index contributed by atoms with van der Waals surface area (Å²) in [7, 11) is 0. The van der Waals surface area contributed by atoms with Crippen molar-refractivity contribution in [3.8, 4) is 5.75 Å². The monoisotopic (exact) mass is 359 g/mol. The SMILES string of the molecule is Cc1cc(Nc2ccc3c(c2)OCc2cc(C4C=CC=CC4)nn2C3)n[nH]1. The fraction of sp³-hybridized carbons (Fsp3) is 0.238. The van der Waals surface area contributed by atoms with E-state index in [4.69, 9.17) is 9.84 Å². The summed E-state index contributed by atoms with van der Waals surface area (Å²) in [5.41, 5.74) is 5.34. The Labute approximate surface area is 157 Å². The number of hydrogen-bond acceptors (Lipinski definition) is 4. The van der Waals surface area contributed by atoms with E-state index in [0.29, 0.717) is 12.5 Å². The van der Waals surface area contributed by atoms with Crippen LogP contribution in [0.5, 0.6) is 5.75 Å². The molecule has 2 aromatic heterocycles. The van der Waals surface area contributed by atoms with Gasteiger partial charge in [-0.1, -0.05) is 30.4 Å². The molecule has 3 aromatic rings. The minimum absolute atomic E-state index is 0.359. The van der Waals surface area contributed by atoms with Gasteiger partial charge in [-0.25, -0.2) is 0 Å². The smallest absolute Gasteiger partial charge is 0.152 e. The maximum atomic E-state index is 6.10. The van der Waals surface area contributed by atoms with Gasteiger partial charge in [-0.3, -0.25) is 9.78 Å². The van der Waals surface area contributed by atoms with Crippen LogP contribution in [0.4, 0.5) is 11.5 Å². The van der Waals surface area contributed by atoms with Crippen LogP contribution in [-0.2, 0) is 13.2 Å². The maximum Gasteiger partial charge on any atom is 0.152 e. The highest BCUT2D eigenvalue weighted by atomic mass is 16.5. The Hall–Kier alpha value is -3.28. The number of aromatic nitrogens is 4. The first kappa shape index (κ1) is 15.9. The molecule has 0 fully saturated rings. The van der Waals surface area contributed by atoms with Crippen LogP contribution in [0.25, 0.3) is 0 Å². The van der Waals surface area contributed by atoms with Crippen LogP contribution in [0.3, 0.4) is 0 Å². The lowest BCUT2D eigenvalue weighted by molar-refractivity contribution is 0.302. The number of rotatable bonds is 3. The average Bonchev–Trinajstić information content (AvgIpc) is 3.24. The Morgan fingerprint density at radius 2 is 2.19 bits per heavy atom. The van der Waals surface area contributed by atoms with E-state index in [0.717, 1.165) is 52.9 Å². The molecule has 0 spiro atoms. The Morgan fingerprint density at radius 1 is 1.22 bits per heavy atom. The number of hydrogen-bond donors (Lipinski definition) is 2. The second-order valence-corrected chi connectivity index (χ2v) is 7.05. The van der Waals surface area contributed by atoms with Crippen molar-refractivity contribution < 1.29 is 4.74 Å². The normalized spacial score (nSPS) is 17.7. The molecule has 0 saturated heterocycles. The minimum Gasteiger partial charge on any atom is -0.487 e. The van der Waals surface area contributed by atoms with Crippen LogP contribution >= 0.6 is 0 Å². The highest BCUT2D eigenvalue weighted by molar-refractivity contribution is 5.60. The Kier molecular flexibility index (Phi) is 3.81. The highest BCUT2D eigenvalue weighted by Crippen LogP contribution is 2.31. The van der Waals surface area contributed by atoms with E-state index in [9.17, 15) is 0 Å². The molecule has 6 nitrogen and oxygen atoms in total. The predicted octanol–water partition coefficient (Wildman–Crippen LogP) is 4.20. The standard InChI is InChI=1S/C21H21N5O/c1-14-9-21(24-23-14)22-17-8-7-16-12-26-18(13-27-20(16)10-17)11-19(25-26)15-5-3-2-4-6-15/h2-5,7-11,15H,6,12-13H2,1H3,(H2,22,23,24). The summed E-state index contributed by atoms with van der Waals surface area (Å²) >= 11 is 0. The molecule has 0 amide bonds. The first-order valence-corrected chi connectivity index (χ1v) is 9.19. The Balaban J connectivity index is 1.38. The Morgan fingerprint density at radius 3 is 3.00 bits per heavy atom. The van der Waals surface area contributed by atoms with Gasteiger partial charge in [-0.15, -0.1) is 0 Å². The Bertz CT molecular complexity index is 1040. The summed E-state index contributed by atoms with van der Waals surface area (Å²) in [6, 6.07) is 10.3. The van der Waals surface area contributed by atoms with E-state index < -0.39 is 0 Å². The first-order chi connectivity index (χ1) is 13.2. The number of nitrogens with one attached hydrogen (secondary N) is 2. The average molecular weight is 359 g/mol. The lowest BCUT2D eigenvalue weighted by atomic mass is 9.97. The molecule has 1 aromatic carbocycles. The lowest BCUT2D eigenvalue weighted by Gasteiger charge is -2.11. The zero-order chi connectivity index (χ0) is 18.2. The summed E-state index contributed by atoms with van der Waals surface area (Å²) in [5.74, 6) is 2.05. The maximum absolute atomic E-state index is 6.10. The molecular weight excluding hydrogens is 338 g/mol. The fourth-order valence-electron chi connectivity index (χ4n) is 3.55. The van der Waals surface area contributed by atoms with Gasteiger partial charge >= 0.3 is 0 Å². The summed E-state index contributed by atoms with van der Waals surface area (Å²) < 4.78 is 8.17. The van der Waals surface area contributed by atoms with Gasteiger partial charge in [0.25, 0.3) is 0 Å². The molecule has 0 radical (unpaired) electrons. The van der Waals surface area contributed by atoms with Crippen LogP contribution in [0.1, 0.15) is 35.0 Å². The third kappa shape index (κ3) is 3.14. The third-order valence-corrected chi connectivity index (χ3v) is 4.98. The molecule has 5 rings (SSSR count). The van der Waals surface area contributed by atoms with Crippen LogP contribution in [0.2, 0.25) is 0 Å². The van der Waals surface area contributed by atoms with Gasteiger partial charge in [0.15, 0.2) is 5.82 Å². The van der Waals surface area contributed by atoms with Crippen LogP contribution in [-0.4, -0.2) is 20.0 Å². The predicted molar refractivity (Wildman–Crippen MR) is 104 cm³/mol. The number of nitrogens with zero attached hydrogens (tertiary/aromatic N) is 3. The van der Waals surface area contributed by atoms with Crippen molar-refractivity contribution in [2.24, 2.45) is 0 Å². The van der Waals surface area contributed by atoms with Gasteiger partial charge < -0.3 is 10.1 Å². The number of allylic oxidation sites excluding steroid dienone is 4. The van der Waals surface area contributed by atoms with Gasteiger partial charge in [0.2, 0.25) is 0 Å². The van der Waals surface area contributed by atoms with E-state index in [2.05, 4.69) is 62.7 Å². The molecule has 2 N–H and O–H groups in total. The van der Waals surface area contributed by atoms with E-state index in [1.54, 1.807) is 0 Å². The molecule has 1 aliphatic heterocycles.